The number of nitrogens with zero attached hydrogens (tertiary/aromatic N) is 2. The second kappa shape index (κ2) is 9.23. The molecule has 0 radical (unpaired) electrons. The van der Waals surface area contributed by atoms with Crippen molar-refractivity contribution in [2.24, 2.45) is 5.92 Å². The second-order valence-corrected chi connectivity index (χ2v) is 8.88. The van der Waals surface area contributed by atoms with Crippen LogP contribution in [0.1, 0.15) is 19.8 Å². The van der Waals surface area contributed by atoms with Crippen LogP contribution in [-0.4, -0.2) is 69.4 Å². The SMILES string of the molecule is COc1ccc(S(=O)(=O)N2CCC(C(=O)N3CCNCC3C)CC2)cc1.Cl. The molecule has 2 aliphatic heterocycles. The van der Waals surface area contributed by atoms with Crippen LogP contribution in [0.4, 0.5) is 0 Å². The van der Waals surface area contributed by atoms with Crippen LogP contribution >= 0.6 is 12.4 Å². The number of hydrogen-bond acceptors (Lipinski definition) is 5. The highest BCUT2D eigenvalue weighted by Crippen LogP contribution is 2.26. The zero-order chi connectivity index (χ0) is 18.7. The van der Waals surface area contributed by atoms with Gasteiger partial charge >= 0.3 is 0 Å². The molecule has 1 N–H and O–H groups in total. The van der Waals surface area contributed by atoms with Gasteiger partial charge in [-0.2, -0.15) is 4.31 Å². The molecule has 1 aromatic carbocycles. The molecule has 27 heavy (non-hydrogen) atoms. The Bertz CT molecular complexity index is 733. The standard InChI is InChI=1S/C18H27N3O4S.ClH/c1-14-13-19-9-12-21(14)18(22)15-7-10-20(11-8-15)26(23,24)17-5-3-16(25-2)4-6-17;/h3-6,14-15,19H,7-13H2,1-2H3;1H. The molecular weight excluding hydrogens is 390 g/mol. The maximum atomic E-state index is 12.8. The van der Waals surface area contributed by atoms with E-state index in [1.807, 2.05) is 11.8 Å². The van der Waals surface area contributed by atoms with Crippen LogP contribution in [0.3, 0.4) is 0 Å². The minimum Gasteiger partial charge on any atom is -0.497 e. The molecule has 1 unspecified atom stereocenters. The zero-order valence-corrected chi connectivity index (χ0v) is 17.4. The highest BCUT2D eigenvalue weighted by atomic mass is 35.5. The Labute approximate surface area is 167 Å². The molecule has 9 heteroatoms. The normalized spacial score (nSPS) is 22.1. The molecule has 1 aromatic rings. The van der Waals surface area contributed by atoms with Gasteiger partial charge in [0.2, 0.25) is 15.9 Å². The third kappa shape index (κ3) is 4.74. The molecule has 1 amide bonds. The van der Waals surface area contributed by atoms with E-state index in [1.54, 1.807) is 31.4 Å². The topological polar surface area (TPSA) is 79.0 Å². The lowest BCUT2D eigenvalue weighted by molar-refractivity contribution is -0.139. The van der Waals surface area contributed by atoms with Gasteiger partial charge in [-0.05, 0) is 44.0 Å². The molecule has 0 saturated carbocycles. The van der Waals surface area contributed by atoms with E-state index in [9.17, 15) is 13.2 Å². The van der Waals surface area contributed by atoms with Gasteiger partial charge in [-0.1, -0.05) is 0 Å². The van der Waals surface area contributed by atoms with Crippen LogP contribution in [0.25, 0.3) is 0 Å². The number of ether oxygens (including phenoxy) is 1. The zero-order valence-electron chi connectivity index (χ0n) is 15.8. The van der Waals surface area contributed by atoms with Crippen molar-refractivity contribution in [3.63, 3.8) is 0 Å². The number of carbonyl (C=O) groups is 1. The van der Waals surface area contributed by atoms with E-state index in [0.29, 0.717) is 31.7 Å². The third-order valence-corrected chi connectivity index (χ3v) is 7.20. The Kier molecular flexibility index (Phi) is 7.50. The van der Waals surface area contributed by atoms with Gasteiger partial charge < -0.3 is 15.0 Å². The number of nitrogens with one attached hydrogen (secondary N) is 1. The first-order valence-corrected chi connectivity index (χ1v) is 10.5. The van der Waals surface area contributed by atoms with Crippen LogP contribution in [0.5, 0.6) is 5.75 Å². The lowest BCUT2D eigenvalue weighted by atomic mass is 9.95. The molecule has 2 fully saturated rings. The number of piperidine rings is 1. The van der Waals surface area contributed by atoms with Gasteiger partial charge in [0.25, 0.3) is 0 Å². The molecule has 0 bridgehead atoms. The van der Waals surface area contributed by atoms with Gasteiger partial charge in [0.15, 0.2) is 0 Å². The highest BCUT2D eigenvalue weighted by molar-refractivity contribution is 7.89. The number of piperazine rings is 1. The van der Waals surface area contributed by atoms with E-state index >= 15 is 0 Å². The molecule has 1 atom stereocenters. The molecule has 2 heterocycles. The fourth-order valence-corrected chi connectivity index (χ4v) is 5.11. The minimum atomic E-state index is -3.53. The molecule has 7 nitrogen and oxygen atoms in total. The van der Waals surface area contributed by atoms with Gasteiger partial charge in [-0.25, -0.2) is 8.42 Å². The van der Waals surface area contributed by atoms with Gasteiger partial charge in [0.1, 0.15) is 5.75 Å². The summed E-state index contributed by atoms with van der Waals surface area (Å²) < 4.78 is 32.2. The van der Waals surface area contributed by atoms with Gasteiger partial charge in [-0.3, -0.25) is 4.79 Å². The van der Waals surface area contributed by atoms with E-state index in [4.69, 9.17) is 4.74 Å². The van der Waals surface area contributed by atoms with Crippen LogP contribution in [0.2, 0.25) is 0 Å². The lowest BCUT2D eigenvalue weighted by Gasteiger charge is -2.38. The smallest absolute Gasteiger partial charge is 0.243 e. The summed E-state index contributed by atoms with van der Waals surface area (Å²) in [4.78, 5) is 15.0. The van der Waals surface area contributed by atoms with Crippen LogP contribution in [0.15, 0.2) is 29.2 Å². The van der Waals surface area contributed by atoms with Gasteiger partial charge in [0.05, 0.1) is 12.0 Å². The molecule has 0 spiro atoms. The first kappa shape index (κ1) is 21.9. The van der Waals surface area contributed by atoms with Gasteiger partial charge in [0, 0.05) is 44.7 Å². The highest BCUT2D eigenvalue weighted by Gasteiger charge is 2.35. The van der Waals surface area contributed by atoms with E-state index in [0.717, 1.165) is 19.6 Å². The minimum absolute atomic E-state index is 0. The molecule has 2 saturated heterocycles. The third-order valence-electron chi connectivity index (χ3n) is 5.28. The Morgan fingerprint density at radius 2 is 1.78 bits per heavy atom. The molecule has 2 aliphatic rings. The van der Waals surface area contributed by atoms with Crippen molar-refractivity contribution in [1.82, 2.24) is 14.5 Å². The Morgan fingerprint density at radius 3 is 2.33 bits per heavy atom. The molecule has 0 aliphatic carbocycles. The number of sulfonamides is 1. The van der Waals surface area contributed by atoms with Crippen molar-refractivity contribution < 1.29 is 17.9 Å². The second-order valence-electron chi connectivity index (χ2n) is 6.94. The average Bonchev–Trinajstić information content (AvgIpc) is 2.68. The predicted octanol–water partition coefficient (Wildman–Crippen LogP) is 1.34. The molecule has 3 rings (SSSR count). The fourth-order valence-electron chi connectivity index (χ4n) is 3.64. The Balaban J connectivity index is 0.00000261. The predicted molar refractivity (Wildman–Crippen MR) is 106 cm³/mol. The Hall–Kier alpha value is -1.35. The quantitative estimate of drug-likeness (QED) is 0.799. The van der Waals surface area contributed by atoms with Crippen molar-refractivity contribution in [2.45, 2.75) is 30.7 Å². The number of carbonyl (C=O) groups excluding carboxylic acids is 1. The van der Waals surface area contributed by atoms with Crippen LogP contribution in [-0.2, 0) is 14.8 Å². The maximum absolute atomic E-state index is 12.8. The molecular formula is C18H28ClN3O4S. The van der Waals surface area contributed by atoms with E-state index in [1.165, 1.54) is 4.31 Å². The number of hydrogen-bond donors (Lipinski definition) is 1. The summed E-state index contributed by atoms with van der Waals surface area (Å²) in [5, 5.41) is 3.29. The van der Waals surface area contributed by atoms with E-state index in [-0.39, 0.29) is 35.2 Å². The van der Waals surface area contributed by atoms with Crippen molar-refractivity contribution in [2.75, 3.05) is 39.8 Å². The average molecular weight is 418 g/mol. The fraction of sp³-hybridized carbons (Fsp3) is 0.611. The summed E-state index contributed by atoms with van der Waals surface area (Å²) in [5.74, 6) is 0.705. The van der Waals surface area contributed by atoms with Crippen LogP contribution < -0.4 is 10.1 Å². The summed E-state index contributed by atoms with van der Waals surface area (Å²) in [6.07, 6.45) is 1.15. The largest absolute Gasteiger partial charge is 0.497 e. The van der Waals surface area contributed by atoms with Crippen molar-refractivity contribution in [1.29, 1.82) is 0 Å². The first-order chi connectivity index (χ1) is 12.4. The van der Waals surface area contributed by atoms with Crippen molar-refractivity contribution in [3.8, 4) is 5.75 Å². The molecule has 152 valence electrons. The summed E-state index contributed by atoms with van der Waals surface area (Å²) in [5.41, 5.74) is 0. The van der Waals surface area contributed by atoms with Crippen molar-refractivity contribution in [3.05, 3.63) is 24.3 Å². The van der Waals surface area contributed by atoms with E-state index in [2.05, 4.69) is 5.32 Å². The van der Waals surface area contributed by atoms with Crippen LogP contribution in [0, 0.1) is 5.92 Å². The lowest BCUT2D eigenvalue weighted by Crippen LogP contribution is -2.55. The number of benzene rings is 1. The summed E-state index contributed by atoms with van der Waals surface area (Å²) >= 11 is 0. The maximum Gasteiger partial charge on any atom is 0.243 e. The first-order valence-electron chi connectivity index (χ1n) is 9.09. The van der Waals surface area contributed by atoms with E-state index < -0.39 is 10.0 Å². The van der Waals surface area contributed by atoms with Gasteiger partial charge in [-0.15, -0.1) is 12.4 Å². The monoisotopic (exact) mass is 417 g/mol. The van der Waals surface area contributed by atoms with Crippen molar-refractivity contribution >= 4 is 28.3 Å². The Morgan fingerprint density at radius 1 is 1.15 bits per heavy atom. The number of amides is 1. The summed E-state index contributed by atoms with van der Waals surface area (Å²) in [6, 6.07) is 6.61. The number of rotatable bonds is 4. The summed E-state index contributed by atoms with van der Waals surface area (Å²) in [6.45, 7) is 5.17. The number of halogens is 1. The summed E-state index contributed by atoms with van der Waals surface area (Å²) in [7, 11) is -1.98. The number of methoxy groups -OCH3 is 1. The molecule has 0 aromatic heterocycles.